The Morgan fingerprint density at radius 2 is 1.68 bits per heavy atom. The van der Waals surface area contributed by atoms with Crippen LogP contribution in [0, 0.1) is 17.7 Å². The highest BCUT2D eigenvalue weighted by Gasteiger charge is 2.18. The van der Waals surface area contributed by atoms with E-state index in [0.29, 0.717) is 17.8 Å². The van der Waals surface area contributed by atoms with Gasteiger partial charge in [0.2, 0.25) is 0 Å². The zero-order chi connectivity index (χ0) is 14.3. The van der Waals surface area contributed by atoms with Gasteiger partial charge in [0, 0.05) is 6.54 Å². The van der Waals surface area contributed by atoms with Crippen molar-refractivity contribution in [1.82, 2.24) is 5.32 Å². The van der Waals surface area contributed by atoms with Crippen LogP contribution in [0.5, 0.6) is 0 Å². The molecule has 0 saturated carbocycles. The smallest absolute Gasteiger partial charge is 0.123 e. The van der Waals surface area contributed by atoms with Crippen LogP contribution >= 0.6 is 0 Å². The third-order valence-corrected chi connectivity index (χ3v) is 3.65. The van der Waals surface area contributed by atoms with E-state index in [9.17, 15) is 4.39 Å². The molecule has 0 aromatic heterocycles. The van der Waals surface area contributed by atoms with Gasteiger partial charge in [0.1, 0.15) is 5.82 Å². The molecule has 0 amide bonds. The molecule has 0 aliphatic heterocycles. The first-order chi connectivity index (χ1) is 9.04. The maximum absolute atomic E-state index is 13.0. The Morgan fingerprint density at radius 1 is 1.05 bits per heavy atom. The van der Waals surface area contributed by atoms with Crippen molar-refractivity contribution < 1.29 is 4.39 Å². The van der Waals surface area contributed by atoms with Gasteiger partial charge in [0.25, 0.3) is 0 Å². The highest BCUT2D eigenvalue weighted by atomic mass is 19.1. The standard InChI is InChI=1S/C17H28FN/c1-5-6-14(4)17(12-19-11-13(2)3)15-7-9-16(18)10-8-15/h7-10,13-14,17,19H,5-6,11-12H2,1-4H3. The summed E-state index contributed by atoms with van der Waals surface area (Å²) in [6, 6.07) is 7.01. The molecule has 0 aliphatic carbocycles. The molecule has 2 atom stereocenters. The minimum Gasteiger partial charge on any atom is -0.316 e. The molecule has 1 rings (SSSR count). The van der Waals surface area contributed by atoms with Crippen LogP contribution in [0.4, 0.5) is 4.39 Å². The van der Waals surface area contributed by atoms with Crippen molar-refractivity contribution >= 4 is 0 Å². The van der Waals surface area contributed by atoms with Crippen LogP contribution in [0.25, 0.3) is 0 Å². The molecular formula is C17H28FN. The van der Waals surface area contributed by atoms with E-state index >= 15 is 0 Å². The zero-order valence-corrected chi connectivity index (χ0v) is 12.7. The first kappa shape index (κ1) is 16.2. The molecule has 0 aliphatic rings. The molecular weight excluding hydrogens is 237 g/mol. The maximum Gasteiger partial charge on any atom is 0.123 e. The highest BCUT2D eigenvalue weighted by Crippen LogP contribution is 2.27. The van der Waals surface area contributed by atoms with E-state index in [1.165, 1.54) is 18.4 Å². The summed E-state index contributed by atoms with van der Waals surface area (Å²) in [5, 5.41) is 3.54. The van der Waals surface area contributed by atoms with Gasteiger partial charge in [-0.1, -0.05) is 52.7 Å². The summed E-state index contributed by atoms with van der Waals surface area (Å²) in [6.07, 6.45) is 2.41. The lowest BCUT2D eigenvalue weighted by Crippen LogP contribution is -2.28. The first-order valence-corrected chi connectivity index (χ1v) is 7.50. The predicted molar refractivity (Wildman–Crippen MR) is 80.9 cm³/mol. The van der Waals surface area contributed by atoms with Gasteiger partial charge in [0.15, 0.2) is 0 Å². The summed E-state index contributed by atoms with van der Waals surface area (Å²) in [7, 11) is 0. The normalized spacial score (nSPS) is 14.6. The minimum absolute atomic E-state index is 0.152. The van der Waals surface area contributed by atoms with Crippen LogP contribution in [0.3, 0.4) is 0 Å². The van der Waals surface area contributed by atoms with Gasteiger partial charge in [-0.3, -0.25) is 0 Å². The van der Waals surface area contributed by atoms with Crippen molar-refractivity contribution in [2.45, 2.75) is 46.5 Å². The Bertz CT molecular complexity index is 345. The fourth-order valence-electron chi connectivity index (χ4n) is 2.54. The summed E-state index contributed by atoms with van der Waals surface area (Å²) in [5.74, 6) is 1.60. The van der Waals surface area contributed by atoms with Crippen LogP contribution in [0.2, 0.25) is 0 Å². The third kappa shape index (κ3) is 5.73. The second-order valence-corrected chi connectivity index (χ2v) is 5.98. The molecule has 1 N–H and O–H groups in total. The second-order valence-electron chi connectivity index (χ2n) is 5.98. The van der Waals surface area contributed by atoms with E-state index in [4.69, 9.17) is 0 Å². The molecule has 0 fully saturated rings. The number of rotatable bonds is 8. The van der Waals surface area contributed by atoms with Crippen LogP contribution in [0.1, 0.15) is 52.0 Å². The molecule has 1 aromatic carbocycles. The number of hydrogen-bond donors (Lipinski definition) is 1. The SMILES string of the molecule is CCCC(C)C(CNCC(C)C)c1ccc(F)cc1. The van der Waals surface area contributed by atoms with Crippen LogP contribution in [0.15, 0.2) is 24.3 Å². The van der Waals surface area contributed by atoms with E-state index < -0.39 is 0 Å². The maximum atomic E-state index is 13.0. The largest absolute Gasteiger partial charge is 0.316 e. The van der Waals surface area contributed by atoms with Gasteiger partial charge >= 0.3 is 0 Å². The predicted octanol–water partition coefficient (Wildman–Crippen LogP) is 4.59. The topological polar surface area (TPSA) is 12.0 Å². The molecule has 0 bridgehead atoms. The van der Waals surface area contributed by atoms with E-state index in [-0.39, 0.29) is 5.82 Å². The Morgan fingerprint density at radius 3 is 2.21 bits per heavy atom. The third-order valence-electron chi connectivity index (χ3n) is 3.65. The van der Waals surface area contributed by atoms with Crippen molar-refractivity contribution in [3.63, 3.8) is 0 Å². The van der Waals surface area contributed by atoms with Crippen molar-refractivity contribution in [2.75, 3.05) is 13.1 Å². The molecule has 19 heavy (non-hydrogen) atoms. The average molecular weight is 265 g/mol. The Hall–Kier alpha value is -0.890. The van der Waals surface area contributed by atoms with Crippen molar-refractivity contribution in [3.8, 4) is 0 Å². The molecule has 1 aromatic rings. The first-order valence-electron chi connectivity index (χ1n) is 7.50. The number of halogens is 1. The van der Waals surface area contributed by atoms with Crippen molar-refractivity contribution in [1.29, 1.82) is 0 Å². The van der Waals surface area contributed by atoms with Crippen LogP contribution < -0.4 is 5.32 Å². The molecule has 108 valence electrons. The van der Waals surface area contributed by atoms with E-state index in [0.717, 1.165) is 13.1 Å². The van der Waals surface area contributed by atoms with Gasteiger partial charge in [-0.05, 0) is 42.0 Å². The van der Waals surface area contributed by atoms with Crippen LogP contribution in [-0.4, -0.2) is 13.1 Å². The zero-order valence-electron chi connectivity index (χ0n) is 12.7. The molecule has 2 heteroatoms. The van der Waals surface area contributed by atoms with Gasteiger partial charge in [-0.2, -0.15) is 0 Å². The number of hydrogen-bond acceptors (Lipinski definition) is 1. The lowest BCUT2D eigenvalue weighted by Gasteiger charge is -2.25. The monoisotopic (exact) mass is 265 g/mol. The summed E-state index contributed by atoms with van der Waals surface area (Å²) in [5.41, 5.74) is 1.25. The molecule has 1 nitrogen and oxygen atoms in total. The quantitative estimate of drug-likeness (QED) is 0.725. The molecule has 0 spiro atoms. The number of benzene rings is 1. The second kappa shape index (κ2) is 8.31. The molecule has 0 radical (unpaired) electrons. The average Bonchev–Trinajstić information content (AvgIpc) is 2.36. The summed E-state index contributed by atoms with van der Waals surface area (Å²) >= 11 is 0. The fourth-order valence-corrected chi connectivity index (χ4v) is 2.54. The molecule has 0 heterocycles. The lowest BCUT2D eigenvalue weighted by molar-refractivity contribution is 0.394. The Balaban J connectivity index is 2.70. The van der Waals surface area contributed by atoms with Gasteiger partial charge in [-0.25, -0.2) is 4.39 Å². The molecule has 0 saturated heterocycles. The summed E-state index contributed by atoms with van der Waals surface area (Å²) < 4.78 is 13.0. The fraction of sp³-hybridized carbons (Fsp3) is 0.647. The Kier molecular flexibility index (Phi) is 7.07. The highest BCUT2D eigenvalue weighted by molar-refractivity contribution is 5.21. The van der Waals surface area contributed by atoms with Crippen molar-refractivity contribution in [3.05, 3.63) is 35.6 Å². The lowest BCUT2D eigenvalue weighted by atomic mass is 9.84. The van der Waals surface area contributed by atoms with Crippen LogP contribution in [-0.2, 0) is 0 Å². The van der Waals surface area contributed by atoms with E-state index in [2.05, 4.69) is 33.0 Å². The summed E-state index contributed by atoms with van der Waals surface area (Å²) in [6.45, 7) is 11.0. The molecule has 2 unspecified atom stereocenters. The van der Waals surface area contributed by atoms with Crippen molar-refractivity contribution in [2.24, 2.45) is 11.8 Å². The van der Waals surface area contributed by atoms with E-state index in [1.807, 2.05) is 12.1 Å². The minimum atomic E-state index is -0.152. The summed E-state index contributed by atoms with van der Waals surface area (Å²) in [4.78, 5) is 0. The van der Waals surface area contributed by atoms with Gasteiger partial charge in [0.05, 0.1) is 0 Å². The van der Waals surface area contributed by atoms with Gasteiger partial charge < -0.3 is 5.32 Å². The van der Waals surface area contributed by atoms with E-state index in [1.54, 1.807) is 12.1 Å². The Labute approximate surface area is 117 Å². The number of nitrogens with one attached hydrogen (secondary N) is 1. The van der Waals surface area contributed by atoms with Gasteiger partial charge in [-0.15, -0.1) is 0 Å².